The van der Waals surface area contributed by atoms with Crippen molar-refractivity contribution in [1.82, 2.24) is 4.98 Å². The molecule has 1 heterocycles. The molecule has 0 aromatic carbocycles. The number of alkyl halides is 3. The van der Waals surface area contributed by atoms with Gasteiger partial charge in [0.15, 0.2) is 17.2 Å². The van der Waals surface area contributed by atoms with E-state index in [-0.39, 0.29) is 5.75 Å². The molecule has 1 N–H and O–H groups in total. The van der Waals surface area contributed by atoms with Gasteiger partial charge in [-0.25, -0.2) is 13.8 Å². The van der Waals surface area contributed by atoms with Gasteiger partial charge in [-0.05, 0) is 0 Å². The van der Waals surface area contributed by atoms with Crippen molar-refractivity contribution in [1.29, 1.82) is 0 Å². The van der Waals surface area contributed by atoms with Gasteiger partial charge in [-0.15, -0.1) is 0 Å². The molecule has 0 saturated heterocycles. The minimum absolute atomic E-state index is 0.00440. The summed E-state index contributed by atoms with van der Waals surface area (Å²) >= 11 is 3.08. The lowest BCUT2D eigenvalue weighted by molar-refractivity contribution is 0.140. The SMILES string of the molecule is COc1cc(CBr)nc(C(F)F)c1O. The number of hydrogen-bond acceptors (Lipinski definition) is 3. The fourth-order valence-electron chi connectivity index (χ4n) is 0.962. The Balaban J connectivity index is 3.27. The van der Waals surface area contributed by atoms with Crippen LogP contribution < -0.4 is 4.74 Å². The Morgan fingerprint density at radius 1 is 1.64 bits per heavy atom. The molecule has 0 aliphatic heterocycles. The molecule has 0 amide bonds. The molecule has 0 unspecified atom stereocenters. The van der Waals surface area contributed by atoms with E-state index in [1.807, 2.05) is 0 Å². The molecule has 1 aromatic rings. The third-order valence-electron chi connectivity index (χ3n) is 1.60. The zero-order chi connectivity index (χ0) is 10.7. The summed E-state index contributed by atoms with van der Waals surface area (Å²) in [6.07, 6.45) is -2.82. The van der Waals surface area contributed by atoms with E-state index in [0.29, 0.717) is 11.0 Å². The Morgan fingerprint density at radius 3 is 2.71 bits per heavy atom. The van der Waals surface area contributed by atoms with Crippen molar-refractivity contribution in [3.8, 4) is 11.5 Å². The molecule has 0 spiro atoms. The largest absolute Gasteiger partial charge is 0.503 e. The molecule has 78 valence electrons. The second-order valence-corrected chi connectivity index (χ2v) is 3.04. The molecular formula is C8H8BrF2NO2. The lowest BCUT2D eigenvalue weighted by Crippen LogP contribution is -1.98. The van der Waals surface area contributed by atoms with E-state index in [4.69, 9.17) is 4.74 Å². The average molecular weight is 268 g/mol. The second-order valence-electron chi connectivity index (χ2n) is 2.48. The topological polar surface area (TPSA) is 42.4 Å². The van der Waals surface area contributed by atoms with Crippen LogP contribution in [-0.2, 0) is 5.33 Å². The van der Waals surface area contributed by atoms with Crippen LogP contribution in [0.25, 0.3) is 0 Å². The number of methoxy groups -OCH3 is 1. The Morgan fingerprint density at radius 2 is 2.29 bits per heavy atom. The molecular weight excluding hydrogens is 260 g/mol. The number of halogens is 3. The van der Waals surface area contributed by atoms with Gasteiger partial charge in [0, 0.05) is 11.4 Å². The van der Waals surface area contributed by atoms with Gasteiger partial charge < -0.3 is 9.84 Å². The monoisotopic (exact) mass is 267 g/mol. The smallest absolute Gasteiger partial charge is 0.284 e. The quantitative estimate of drug-likeness (QED) is 0.857. The van der Waals surface area contributed by atoms with Crippen molar-refractivity contribution in [3.05, 3.63) is 17.5 Å². The average Bonchev–Trinajstić information content (AvgIpc) is 2.17. The predicted molar refractivity (Wildman–Crippen MR) is 50.0 cm³/mol. The van der Waals surface area contributed by atoms with Crippen LogP contribution in [0.2, 0.25) is 0 Å². The van der Waals surface area contributed by atoms with Crippen LogP contribution in [0.4, 0.5) is 8.78 Å². The Hall–Kier alpha value is -0.910. The van der Waals surface area contributed by atoms with Gasteiger partial charge in [0.25, 0.3) is 6.43 Å². The molecule has 1 aromatic heterocycles. The maximum atomic E-state index is 12.4. The zero-order valence-corrected chi connectivity index (χ0v) is 8.88. The van der Waals surface area contributed by atoms with Crippen LogP contribution in [0.5, 0.6) is 11.5 Å². The van der Waals surface area contributed by atoms with E-state index in [2.05, 4.69) is 20.9 Å². The number of ether oxygens (including phenoxy) is 1. The third kappa shape index (κ3) is 2.12. The predicted octanol–water partition coefficient (Wildman–Crippen LogP) is 2.63. The lowest BCUT2D eigenvalue weighted by atomic mass is 10.2. The Labute approximate surface area is 87.9 Å². The number of pyridine rings is 1. The Kier molecular flexibility index (Phi) is 3.62. The molecule has 0 bridgehead atoms. The van der Waals surface area contributed by atoms with E-state index >= 15 is 0 Å². The van der Waals surface area contributed by atoms with Crippen molar-refractivity contribution in [2.45, 2.75) is 11.8 Å². The normalized spacial score (nSPS) is 10.6. The molecule has 0 aliphatic rings. The van der Waals surface area contributed by atoms with Gasteiger partial charge in [-0.3, -0.25) is 0 Å². The summed E-state index contributed by atoms with van der Waals surface area (Å²) in [7, 11) is 1.29. The molecule has 0 fully saturated rings. The highest BCUT2D eigenvalue weighted by Gasteiger charge is 2.19. The van der Waals surface area contributed by atoms with E-state index < -0.39 is 17.9 Å². The molecule has 0 radical (unpaired) electrons. The highest BCUT2D eigenvalue weighted by Crippen LogP contribution is 2.35. The van der Waals surface area contributed by atoms with E-state index in [9.17, 15) is 13.9 Å². The van der Waals surface area contributed by atoms with E-state index in [1.165, 1.54) is 13.2 Å². The Bertz CT molecular complexity index is 333. The zero-order valence-electron chi connectivity index (χ0n) is 7.30. The van der Waals surface area contributed by atoms with Crippen LogP contribution in [0, 0.1) is 0 Å². The molecule has 6 heteroatoms. The van der Waals surface area contributed by atoms with Crippen LogP contribution in [0.15, 0.2) is 6.07 Å². The summed E-state index contributed by atoms with van der Waals surface area (Å²) in [5, 5.41) is 9.62. The van der Waals surface area contributed by atoms with Crippen LogP contribution in [0.1, 0.15) is 17.8 Å². The fourth-order valence-corrected chi connectivity index (χ4v) is 1.25. The first-order valence-corrected chi connectivity index (χ1v) is 4.83. The first-order chi connectivity index (χ1) is 6.60. The van der Waals surface area contributed by atoms with Gasteiger partial charge in [-0.1, -0.05) is 15.9 Å². The lowest BCUT2D eigenvalue weighted by Gasteiger charge is -2.09. The second kappa shape index (κ2) is 4.54. The van der Waals surface area contributed by atoms with Gasteiger partial charge >= 0.3 is 0 Å². The van der Waals surface area contributed by atoms with Crippen LogP contribution in [-0.4, -0.2) is 17.2 Å². The molecule has 1 rings (SSSR count). The van der Waals surface area contributed by atoms with Crippen LogP contribution in [0.3, 0.4) is 0 Å². The van der Waals surface area contributed by atoms with Crippen molar-refractivity contribution < 1.29 is 18.6 Å². The number of hydrogen-bond donors (Lipinski definition) is 1. The number of aromatic hydroxyl groups is 1. The molecule has 0 aliphatic carbocycles. The molecule has 0 saturated carbocycles. The van der Waals surface area contributed by atoms with Crippen molar-refractivity contribution >= 4 is 15.9 Å². The van der Waals surface area contributed by atoms with Gasteiger partial charge in [0.2, 0.25) is 0 Å². The number of nitrogens with zero attached hydrogens (tertiary/aromatic N) is 1. The van der Waals surface area contributed by atoms with E-state index in [0.717, 1.165) is 0 Å². The summed E-state index contributed by atoms with van der Waals surface area (Å²) in [5.41, 5.74) is -0.270. The maximum Gasteiger partial charge on any atom is 0.284 e. The first-order valence-electron chi connectivity index (χ1n) is 3.71. The maximum absolute atomic E-state index is 12.4. The van der Waals surface area contributed by atoms with Crippen LogP contribution >= 0.6 is 15.9 Å². The molecule has 0 atom stereocenters. The van der Waals surface area contributed by atoms with Crippen molar-refractivity contribution in [2.75, 3.05) is 7.11 Å². The summed E-state index contributed by atoms with van der Waals surface area (Å²) in [4.78, 5) is 3.57. The standard InChI is InChI=1S/C8H8BrF2NO2/c1-14-5-2-4(3-9)12-6(7(5)13)8(10)11/h2,8,13H,3H2,1H3. The molecule has 3 nitrogen and oxygen atoms in total. The summed E-state index contributed by atoms with van der Waals surface area (Å²) < 4.78 is 29.5. The first kappa shape index (κ1) is 11.2. The molecule has 14 heavy (non-hydrogen) atoms. The van der Waals surface area contributed by atoms with Gasteiger partial charge in [0.05, 0.1) is 12.8 Å². The van der Waals surface area contributed by atoms with Gasteiger partial charge in [0.1, 0.15) is 0 Å². The highest BCUT2D eigenvalue weighted by molar-refractivity contribution is 9.08. The number of rotatable bonds is 3. The van der Waals surface area contributed by atoms with E-state index in [1.54, 1.807) is 0 Å². The summed E-state index contributed by atoms with van der Waals surface area (Å²) in [6.45, 7) is 0. The minimum atomic E-state index is -2.82. The van der Waals surface area contributed by atoms with Crippen molar-refractivity contribution in [2.24, 2.45) is 0 Å². The summed E-state index contributed by atoms with van der Waals surface area (Å²) in [6, 6.07) is 1.40. The highest BCUT2D eigenvalue weighted by atomic mass is 79.9. The van der Waals surface area contributed by atoms with Crippen molar-refractivity contribution in [3.63, 3.8) is 0 Å². The third-order valence-corrected chi connectivity index (χ3v) is 2.18. The summed E-state index contributed by atoms with van der Waals surface area (Å²) in [5.74, 6) is -0.600. The van der Waals surface area contributed by atoms with Gasteiger partial charge in [-0.2, -0.15) is 0 Å². The minimum Gasteiger partial charge on any atom is -0.503 e. The fraction of sp³-hybridized carbons (Fsp3) is 0.375. The number of aromatic nitrogens is 1.